The molecule has 0 radical (unpaired) electrons. The third kappa shape index (κ3) is 4.55. The molecular formula is C24H22N4O4S. The van der Waals surface area contributed by atoms with E-state index in [9.17, 15) is 13.2 Å². The number of methoxy groups -OCH3 is 1. The van der Waals surface area contributed by atoms with Crippen LogP contribution in [-0.2, 0) is 21.4 Å². The molecule has 1 heterocycles. The Hall–Kier alpha value is -3.82. The summed E-state index contributed by atoms with van der Waals surface area (Å²) < 4.78 is 28.9. The molecule has 9 heteroatoms. The van der Waals surface area contributed by atoms with Crippen molar-refractivity contribution in [2.45, 2.75) is 18.4 Å². The van der Waals surface area contributed by atoms with Crippen molar-refractivity contribution in [3.63, 3.8) is 0 Å². The second kappa shape index (κ2) is 8.97. The van der Waals surface area contributed by atoms with E-state index >= 15 is 0 Å². The summed E-state index contributed by atoms with van der Waals surface area (Å²) in [5, 5.41) is 13.8. The molecule has 0 atom stereocenters. The molecule has 0 saturated carbocycles. The number of benzene rings is 3. The number of nitrogens with two attached hydrogens (primary N) is 1. The molecule has 33 heavy (non-hydrogen) atoms. The summed E-state index contributed by atoms with van der Waals surface area (Å²) in [7, 11) is -2.63. The number of primary sulfonamides is 1. The Kier molecular flexibility index (Phi) is 6.08. The molecule has 0 saturated heterocycles. The fourth-order valence-corrected chi connectivity index (χ4v) is 4.31. The molecule has 3 aromatic rings. The Labute approximate surface area is 192 Å². The van der Waals surface area contributed by atoms with Crippen molar-refractivity contribution >= 4 is 33.0 Å². The molecule has 0 bridgehead atoms. The summed E-state index contributed by atoms with van der Waals surface area (Å²) in [4.78, 5) is 14.7. The highest BCUT2D eigenvalue weighted by molar-refractivity contribution is 7.89. The molecule has 0 aromatic heterocycles. The Bertz CT molecular complexity index is 1380. The zero-order chi connectivity index (χ0) is 23.6. The number of fused-ring (bicyclic) bond motifs is 1. The number of carbonyl (C=O) groups excluding carboxylic acids is 1. The van der Waals surface area contributed by atoms with Gasteiger partial charge in [-0.25, -0.2) is 13.6 Å². The number of amides is 1. The van der Waals surface area contributed by atoms with Gasteiger partial charge in [-0.05, 0) is 42.3 Å². The molecule has 2 N–H and O–H groups in total. The lowest BCUT2D eigenvalue weighted by atomic mass is 10.1. The number of sulfonamides is 1. The minimum Gasteiger partial charge on any atom is -0.495 e. The normalized spacial score (nSPS) is 15.1. The first-order valence-electron chi connectivity index (χ1n) is 10.1. The number of nitrogens with zero attached hydrogens (tertiary/aromatic N) is 3. The van der Waals surface area contributed by atoms with Gasteiger partial charge in [0, 0.05) is 5.56 Å². The Morgan fingerprint density at radius 3 is 2.42 bits per heavy atom. The topological polar surface area (TPSA) is 114 Å². The zero-order valence-electron chi connectivity index (χ0n) is 18.1. The zero-order valence-corrected chi connectivity index (χ0v) is 18.9. The number of anilines is 1. The Morgan fingerprint density at radius 2 is 1.73 bits per heavy atom. The van der Waals surface area contributed by atoms with Crippen LogP contribution in [0.5, 0.6) is 5.75 Å². The van der Waals surface area contributed by atoms with Crippen molar-refractivity contribution in [3.8, 4) is 5.75 Å². The highest BCUT2D eigenvalue weighted by Gasteiger charge is 2.33. The number of hydrogen-bond donors (Lipinski definition) is 1. The minimum atomic E-state index is -3.99. The van der Waals surface area contributed by atoms with E-state index in [1.54, 1.807) is 17.9 Å². The lowest BCUT2D eigenvalue weighted by Gasteiger charge is -2.16. The lowest BCUT2D eigenvalue weighted by molar-refractivity contribution is -0.112. The third-order valence-electron chi connectivity index (χ3n) is 5.27. The van der Waals surface area contributed by atoms with Crippen LogP contribution in [0.3, 0.4) is 0 Å². The highest BCUT2D eigenvalue weighted by atomic mass is 32.2. The molecule has 8 nitrogen and oxygen atoms in total. The molecule has 4 rings (SSSR count). The van der Waals surface area contributed by atoms with Gasteiger partial charge in [0.05, 0.1) is 25.1 Å². The number of para-hydroxylation sites is 1. The molecule has 1 amide bonds. The van der Waals surface area contributed by atoms with Gasteiger partial charge >= 0.3 is 0 Å². The average molecular weight is 463 g/mol. The van der Waals surface area contributed by atoms with Crippen molar-refractivity contribution in [1.82, 2.24) is 0 Å². The fourth-order valence-electron chi connectivity index (χ4n) is 3.59. The molecule has 0 aliphatic carbocycles. The van der Waals surface area contributed by atoms with E-state index < -0.39 is 10.0 Å². The largest absolute Gasteiger partial charge is 0.495 e. The van der Waals surface area contributed by atoms with E-state index in [-0.39, 0.29) is 22.3 Å². The lowest BCUT2D eigenvalue weighted by Crippen LogP contribution is -2.29. The maximum Gasteiger partial charge on any atom is 0.279 e. The van der Waals surface area contributed by atoms with Crippen LogP contribution < -0.4 is 14.8 Å². The molecule has 0 fully saturated rings. The van der Waals surface area contributed by atoms with Gasteiger partial charge in [0.2, 0.25) is 10.0 Å². The summed E-state index contributed by atoms with van der Waals surface area (Å²) in [6, 6.07) is 21.6. The van der Waals surface area contributed by atoms with Crippen molar-refractivity contribution in [2.75, 3.05) is 12.0 Å². The van der Waals surface area contributed by atoms with Gasteiger partial charge < -0.3 is 9.64 Å². The van der Waals surface area contributed by atoms with E-state index in [0.717, 1.165) is 11.3 Å². The fraction of sp³-hybridized carbons (Fsp3) is 0.125. The maximum absolute atomic E-state index is 13.2. The van der Waals surface area contributed by atoms with Gasteiger partial charge in [0.15, 0.2) is 5.71 Å². The van der Waals surface area contributed by atoms with Crippen LogP contribution >= 0.6 is 0 Å². The van der Waals surface area contributed by atoms with Crippen LogP contribution in [0.2, 0.25) is 0 Å². The number of hydrogen-bond acceptors (Lipinski definition) is 6. The van der Waals surface area contributed by atoms with Gasteiger partial charge in [-0.15, -0.1) is 5.10 Å². The first kappa shape index (κ1) is 22.4. The minimum absolute atomic E-state index is 0.136. The van der Waals surface area contributed by atoms with Crippen LogP contribution in [0.1, 0.15) is 23.6 Å². The smallest absolute Gasteiger partial charge is 0.279 e. The molecule has 1 aliphatic rings. The van der Waals surface area contributed by atoms with Gasteiger partial charge in [-0.3, -0.25) is 4.79 Å². The predicted molar refractivity (Wildman–Crippen MR) is 127 cm³/mol. The summed E-state index contributed by atoms with van der Waals surface area (Å²) >= 11 is 0. The highest BCUT2D eigenvalue weighted by Crippen LogP contribution is 2.31. The molecule has 0 unspecified atom stereocenters. The van der Waals surface area contributed by atoms with Crippen LogP contribution in [-0.4, -0.2) is 32.9 Å². The van der Waals surface area contributed by atoms with Gasteiger partial charge in [0.1, 0.15) is 10.6 Å². The van der Waals surface area contributed by atoms with E-state index in [1.807, 2.05) is 54.6 Å². The molecule has 1 aliphatic heterocycles. The molecule has 168 valence electrons. The number of carbonyl (C=O) groups is 1. The van der Waals surface area contributed by atoms with Crippen molar-refractivity contribution < 1.29 is 17.9 Å². The quantitative estimate of drug-likeness (QED) is 0.448. The predicted octanol–water partition coefficient (Wildman–Crippen LogP) is 3.10. The van der Waals surface area contributed by atoms with Crippen molar-refractivity contribution in [3.05, 3.63) is 89.5 Å². The first-order valence-corrected chi connectivity index (χ1v) is 11.6. The van der Waals surface area contributed by atoms with Crippen LogP contribution in [0.4, 0.5) is 5.69 Å². The molecule has 3 aromatic carbocycles. The standard InChI is InChI=1S/C24H22N4O4S/c1-16(18-12-13-21(32-2)22(14-18)33(25,30)31)26-27-23-19-10-6-7-11-20(19)28(24(23)29)15-17-8-4-3-5-9-17/h3-14H,15H2,1-2H3,(H2,25,30,31)/b26-16+,27-23?. The Morgan fingerprint density at radius 1 is 1.03 bits per heavy atom. The maximum atomic E-state index is 13.2. The Balaban J connectivity index is 1.70. The van der Waals surface area contributed by atoms with E-state index in [0.29, 0.717) is 23.4 Å². The monoisotopic (exact) mass is 462 g/mol. The number of rotatable bonds is 6. The average Bonchev–Trinajstić information content (AvgIpc) is 3.08. The van der Waals surface area contributed by atoms with Crippen LogP contribution in [0.25, 0.3) is 0 Å². The second-order valence-electron chi connectivity index (χ2n) is 7.44. The number of ether oxygens (including phenoxy) is 1. The van der Waals surface area contributed by atoms with Gasteiger partial charge in [0.25, 0.3) is 5.91 Å². The van der Waals surface area contributed by atoms with Gasteiger partial charge in [-0.1, -0.05) is 48.5 Å². The van der Waals surface area contributed by atoms with Crippen molar-refractivity contribution in [1.29, 1.82) is 0 Å². The van der Waals surface area contributed by atoms with Crippen LogP contribution in [0.15, 0.2) is 87.9 Å². The summed E-state index contributed by atoms with van der Waals surface area (Å²) in [5.74, 6) is -0.117. The van der Waals surface area contributed by atoms with E-state index in [2.05, 4.69) is 10.2 Å². The molecular weight excluding hydrogens is 440 g/mol. The van der Waals surface area contributed by atoms with E-state index in [1.165, 1.54) is 19.2 Å². The SMILES string of the molecule is COc1ccc(/C(C)=N/N=C2C(=O)N(Cc3ccccc3)c3ccccc32)cc1S(N)(=O)=O. The first-order chi connectivity index (χ1) is 15.8. The van der Waals surface area contributed by atoms with Crippen LogP contribution in [0, 0.1) is 0 Å². The summed E-state index contributed by atoms with van der Waals surface area (Å²) in [5.41, 5.74) is 3.58. The molecule has 0 spiro atoms. The summed E-state index contributed by atoms with van der Waals surface area (Å²) in [6.07, 6.45) is 0. The van der Waals surface area contributed by atoms with Gasteiger partial charge in [-0.2, -0.15) is 5.10 Å². The van der Waals surface area contributed by atoms with E-state index in [4.69, 9.17) is 9.88 Å². The van der Waals surface area contributed by atoms with Crippen molar-refractivity contribution in [2.24, 2.45) is 15.3 Å². The second-order valence-corrected chi connectivity index (χ2v) is 8.97. The summed E-state index contributed by atoms with van der Waals surface area (Å²) in [6.45, 7) is 2.08. The third-order valence-corrected chi connectivity index (χ3v) is 6.20.